The number of carbonyl (C=O) groups is 1. The highest BCUT2D eigenvalue weighted by molar-refractivity contribution is 5.76. The molecular weight excluding hydrogens is 285 g/mol. The Kier molecular flexibility index (Phi) is 3.92. The van der Waals surface area contributed by atoms with E-state index in [1.165, 1.54) is 4.90 Å². The minimum atomic E-state index is -4.79. The van der Waals surface area contributed by atoms with Crippen molar-refractivity contribution in [1.82, 2.24) is 4.90 Å². The molecule has 1 aromatic rings. The van der Waals surface area contributed by atoms with E-state index in [4.69, 9.17) is 10.4 Å². The van der Waals surface area contributed by atoms with Gasteiger partial charge in [-0.05, 0) is 18.1 Å². The maximum absolute atomic E-state index is 13.1. The number of hydrogen-bond donors (Lipinski definition) is 1. The van der Waals surface area contributed by atoms with Crippen LogP contribution in [0.5, 0.6) is 0 Å². The monoisotopic (exact) mass is 298 g/mol. The Labute approximate surface area is 119 Å². The maximum Gasteiger partial charge on any atom is 0.406 e. The summed E-state index contributed by atoms with van der Waals surface area (Å²) in [6, 6.07) is 8.59. The molecule has 4 nitrogen and oxygen atoms in total. The standard InChI is InChI=1S/C14H13F3N2O2/c15-14(16,17)13(12(20)21)5-6-19(9-13)8-11-4-2-1-3-10(11)7-18/h1-4H,5-6,8-9H2,(H,20,21). The van der Waals surface area contributed by atoms with Gasteiger partial charge in [0, 0.05) is 19.6 Å². The van der Waals surface area contributed by atoms with Crippen LogP contribution in [0, 0.1) is 16.7 Å². The first-order valence-electron chi connectivity index (χ1n) is 6.30. The number of aliphatic carboxylic acids is 1. The predicted molar refractivity (Wildman–Crippen MR) is 67.2 cm³/mol. The lowest BCUT2D eigenvalue weighted by Crippen LogP contribution is -2.47. The average Bonchev–Trinajstić information content (AvgIpc) is 2.84. The van der Waals surface area contributed by atoms with E-state index in [0.717, 1.165) is 0 Å². The Morgan fingerprint density at radius 1 is 1.43 bits per heavy atom. The van der Waals surface area contributed by atoms with Crippen molar-refractivity contribution in [3.05, 3.63) is 35.4 Å². The molecule has 2 rings (SSSR count). The Morgan fingerprint density at radius 3 is 2.62 bits per heavy atom. The molecule has 1 N–H and O–H groups in total. The number of likely N-dealkylation sites (tertiary alicyclic amines) is 1. The molecule has 21 heavy (non-hydrogen) atoms. The van der Waals surface area contributed by atoms with Crippen molar-refractivity contribution in [3.8, 4) is 6.07 Å². The van der Waals surface area contributed by atoms with Crippen molar-refractivity contribution >= 4 is 5.97 Å². The molecule has 1 saturated heterocycles. The molecule has 0 aliphatic carbocycles. The summed E-state index contributed by atoms with van der Waals surface area (Å²) >= 11 is 0. The van der Waals surface area contributed by atoms with Crippen LogP contribution < -0.4 is 0 Å². The zero-order valence-electron chi connectivity index (χ0n) is 11.0. The number of hydrogen-bond acceptors (Lipinski definition) is 3. The maximum atomic E-state index is 13.1. The molecule has 1 unspecified atom stereocenters. The summed E-state index contributed by atoms with van der Waals surface area (Å²) in [5.74, 6) is -1.84. The van der Waals surface area contributed by atoms with Crippen LogP contribution in [0.2, 0.25) is 0 Å². The van der Waals surface area contributed by atoms with Gasteiger partial charge in [-0.3, -0.25) is 9.69 Å². The van der Waals surface area contributed by atoms with Crippen molar-refractivity contribution in [2.24, 2.45) is 5.41 Å². The van der Waals surface area contributed by atoms with E-state index in [1.807, 2.05) is 6.07 Å². The Hall–Kier alpha value is -2.07. The predicted octanol–water partition coefficient (Wildman–Crippen LogP) is 2.40. The second-order valence-corrected chi connectivity index (χ2v) is 5.11. The van der Waals surface area contributed by atoms with E-state index in [2.05, 4.69) is 0 Å². The first-order chi connectivity index (χ1) is 9.80. The molecule has 7 heteroatoms. The van der Waals surface area contributed by atoms with Gasteiger partial charge in [-0.2, -0.15) is 18.4 Å². The van der Waals surface area contributed by atoms with Gasteiger partial charge in [0.05, 0.1) is 11.6 Å². The second kappa shape index (κ2) is 5.37. The minimum Gasteiger partial charge on any atom is -0.481 e. The van der Waals surface area contributed by atoms with Crippen molar-refractivity contribution in [2.75, 3.05) is 13.1 Å². The smallest absolute Gasteiger partial charge is 0.406 e. The van der Waals surface area contributed by atoms with Crippen LogP contribution in [0.4, 0.5) is 13.2 Å². The minimum absolute atomic E-state index is 0.0333. The zero-order valence-corrected chi connectivity index (χ0v) is 11.0. The summed E-state index contributed by atoms with van der Waals surface area (Å²) in [5, 5.41) is 18.0. The SMILES string of the molecule is N#Cc1ccccc1CN1CCC(C(=O)O)(C(F)(F)F)C1. The molecule has 1 aromatic carbocycles. The first kappa shape index (κ1) is 15.3. The summed E-state index contributed by atoms with van der Waals surface area (Å²) in [6.45, 7) is -0.425. The molecule has 1 aliphatic rings. The number of benzene rings is 1. The lowest BCUT2D eigenvalue weighted by atomic mass is 9.86. The molecule has 1 atom stereocenters. The van der Waals surface area contributed by atoms with E-state index in [0.29, 0.717) is 11.1 Å². The third-order valence-electron chi connectivity index (χ3n) is 3.83. The van der Waals surface area contributed by atoms with Gasteiger partial charge in [-0.25, -0.2) is 0 Å². The van der Waals surface area contributed by atoms with Gasteiger partial charge >= 0.3 is 12.1 Å². The van der Waals surface area contributed by atoms with Gasteiger partial charge in [0.25, 0.3) is 0 Å². The molecule has 0 saturated carbocycles. The van der Waals surface area contributed by atoms with Gasteiger partial charge in [-0.15, -0.1) is 0 Å². The van der Waals surface area contributed by atoms with Crippen molar-refractivity contribution in [1.29, 1.82) is 5.26 Å². The van der Waals surface area contributed by atoms with E-state index >= 15 is 0 Å². The van der Waals surface area contributed by atoms with Gasteiger partial charge in [0.2, 0.25) is 0 Å². The third-order valence-corrected chi connectivity index (χ3v) is 3.83. The molecule has 112 valence electrons. The van der Waals surface area contributed by atoms with Crippen LogP contribution in [0.1, 0.15) is 17.5 Å². The highest BCUT2D eigenvalue weighted by Crippen LogP contribution is 2.46. The number of carboxylic acid groups (broad SMARTS) is 1. The quantitative estimate of drug-likeness (QED) is 0.930. The van der Waals surface area contributed by atoms with E-state index in [-0.39, 0.29) is 13.1 Å². The van der Waals surface area contributed by atoms with Crippen molar-refractivity contribution in [3.63, 3.8) is 0 Å². The Bertz CT molecular complexity index is 595. The fourth-order valence-corrected chi connectivity index (χ4v) is 2.56. The largest absolute Gasteiger partial charge is 0.481 e. The fraction of sp³-hybridized carbons (Fsp3) is 0.429. The van der Waals surface area contributed by atoms with Gasteiger partial charge < -0.3 is 5.11 Å². The van der Waals surface area contributed by atoms with E-state index < -0.39 is 30.5 Å². The third kappa shape index (κ3) is 2.72. The average molecular weight is 298 g/mol. The van der Waals surface area contributed by atoms with Crippen LogP contribution in [0.15, 0.2) is 24.3 Å². The van der Waals surface area contributed by atoms with Crippen LogP contribution in [-0.2, 0) is 11.3 Å². The lowest BCUT2D eigenvalue weighted by Gasteiger charge is -2.27. The molecule has 1 fully saturated rings. The molecular formula is C14H13F3N2O2. The summed E-state index contributed by atoms with van der Waals surface area (Å²) in [6.07, 6.45) is -5.26. The van der Waals surface area contributed by atoms with E-state index in [9.17, 15) is 18.0 Å². The zero-order chi connectivity index (χ0) is 15.7. The van der Waals surface area contributed by atoms with E-state index in [1.54, 1.807) is 24.3 Å². The highest BCUT2D eigenvalue weighted by atomic mass is 19.4. The number of rotatable bonds is 3. The van der Waals surface area contributed by atoms with Crippen molar-refractivity contribution in [2.45, 2.75) is 19.1 Å². The van der Waals surface area contributed by atoms with Crippen LogP contribution >= 0.6 is 0 Å². The molecule has 0 spiro atoms. The summed E-state index contributed by atoms with van der Waals surface area (Å²) < 4.78 is 39.2. The molecule has 0 aromatic heterocycles. The molecule has 0 amide bonds. The number of nitrogens with zero attached hydrogens (tertiary/aromatic N) is 2. The topological polar surface area (TPSA) is 64.3 Å². The Morgan fingerprint density at radius 2 is 2.10 bits per heavy atom. The highest BCUT2D eigenvalue weighted by Gasteiger charge is 2.63. The fourth-order valence-electron chi connectivity index (χ4n) is 2.56. The number of nitriles is 1. The molecule has 1 heterocycles. The van der Waals surface area contributed by atoms with Crippen LogP contribution in [-0.4, -0.2) is 35.2 Å². The van der Waals surface area contributed by atoms with Crippen molar-refractivity contribution < 1.29 is 23.1 Å². The van der Waals surface area contributed by atoms with Gasteiger partial charge in [-0.1, -0.05) is 18.2 Å². The van der Waals surface area contributed by atoms with Crippen LogP contribution in [0.3, 0.4) is 0 Å². The summed E-state index contributed by atoms with van der Waals surface area (Å²) in [7, 11) is 0. The number of halogens is 3. The first-order valence-corrected chi connectivity index (χ1v) is 6.30. The number of alkyl halides is 3. The summed E-state index contributed by atoms with van der Waals surface area (Å²) in [5.41, 5.74) is -1.73. The summed E-state index contributed by atoms with van der Waals surface area (Å²) in [4.78, 5) is 12.5. The molecule has 1 aliphatic heterocycles. The second-order valence-electron chi connectivity index (χ2n) is 5.11. The number of carboxylic acids is 1. The van der Waals surface area contributed by atoms with Gasteiger partial charge in [0.1, 0.15) is 0 Å². The molecule has 0 bridgehead atoms. The lowest BCUT2D eigenvalue weighted by molar-refractivity contribution is -0.227. The van der Waals surface area contributed by atoms with Gasteiger partial charge in [0.15, 0.2) is 5.41 Å². The van der Waals surface area contributed by atoms with Crippen LogP contribution in [0.25, 0.3) is 0 Å². The Balaban J connectivity index is 2.19. The normalized spacial score (nSPS) is 23.0. The molecule has 0 radical (unpaired) electrons.